The van der Waals surface area contributed by atoms with Crippen LogP contribution in [0.15, 0.2) is 6.07 Å². The van der Waals surface area contributed by atoms with E-state index in [2.05, 4.69) is 37.3 Å². The number of fused-ring (bicyclic) bond motifs is 1. The van der Waals surface area contributed by atoms with Crippen molar-refractivity contribution in [1.29, 1.82) is 5.26 Å². The van der Waals surface area contributed by atoms with E-state index in [4.69, 9.17) is 4.98 Å². The lowest BCUT2D eigenvalue weighted by molar-refractivity contribution is 0.390. The Morgan fingerprint density at radius 3 is 2.85 bits per heavy atom. The molecule has 1 unspecified atom stereocenters. The quantitative estimate of drug-likeness (QED) is 0.895. The van der Waals surface area contributed by atoms with E-state index >= 15 is 0 Å². The number of rotatable bonds is 5. The van der Waals surface area contributed by atoms with Crippen molar-refractivity contribution < 1.29 is 0 Å². The highest BCUT2D eigenvalue weighted by molar-refractivity contribution is 5.55. The molecule has 0 bridgehead atoms. The highest BCUT2D eigenvalue weighted by Gasteiger charge is 2.16. The lowest BCUT2D eigenvalue weighted by Gasteiger charge is -2.21. The molecular formula is C16H24N4. The van der Waals surface area contributed by atoms with Crippen LogP contribution in [-0.2, 0) is 12.8 Å². The molecule has 1 N–H and O–H groups in total. The van der Waals surface area contributed by atoms with Gasteiger partial charge in [0.05, 0.1) is 5.56 Å². The zero-order chi connectivity index (χ0) is 14.5. The maximum Gasteiger partial charge on any atom is 0.144 e. The predicted molar refractivity (Wildman–Crippen MR) is 81.8 cm³/mol. The van der Waals surface area contributed by atoms with Gasteiger partial charge in [0.15, 0.2) is 0 Å². The second-order valence-corrected chi connectivity index (χ2v) is 5.95. The Labute approximate surface area is 121 Å². The molecule has 0 aromatic carbocycles. The van der Waals surface area contributed by atoms with Gasteiger partial charge in [-0.1, -0.05) is 0 Å². The minimum Gasteiger partial charge on any atom is -0.366 e. The summed E-state index contributed by atoms with van der Waals surface area (Å²) in [5, 5.41) is 12.7. The molecule has 0 spiro atoms. The van der Waals surface area contributed by atoms with E-state index in [0.29, 0.717) is 11.6 Å². The number of nitrogens with zero attached hydrogens (tertiary/aromatic N) is 3. The zero-order valence-corrected chi connectivity index (χ0v) is 12.7. The number of nitriles is 1. The summed E-state index contributed by atoms with van der Waals surface area (Å²) >= 11 is 0. The summed E-state index contributed by atoms with van der Waals surface area (Å²) in [6, 6.07) is 4.63. The van der Waals surface area contributed by atoms with Gasteiger partial charge < -0.3 is 10.2 Å². The molecule has 1 aromatic heterocycles. The van der Waals surface area contributed by atoms with Crippen LogP contribution in [0.25, 0.3) is 0 Å². The molecule has 2 rings (SSSR count). The molecule has 0 amide bonds. The van der Waals surface area contributed by atoms with E-state index in [1.807, 2.05) is 6.07 Å². The van der Waals surface area contributed by atoms with E-state index in [1.165, 1.54) is 24.1 Å². The van der Waals surface area contributed by atoms with Crippen molar-refractivity contribution in [2.24, 2.45) is 0 Å². The molecule has 0 saturated heterocycles. The number of anilines is 1. The van der Waals surface area contributed by atoms with Gasteiger partial charge >= 0.3 is 0 Å². The van der Waals surface area contributed by atoms with Crippen LogP contribution in [-0.4, -0.2) is 36.6 Å². The molecule has 4 nitrogen and oxygen atoms in total. The van der Waals surface area contributed by atoms with Crippen molar-refractivity contribution in [3.63, 3.8) is 0 Å². The highest BCUT2D eigenvalue weighted by atomic mass is 15.1. The van der Waals surface area contributed by atoms with Gasteiger partial charge in [-0.2, -0.15) is 5.26 Å². The Morgan fingerprint density at radius 2 is 2.15 bits per heavy atom. The molecule has 0 aliphatic heterocycles. The first-order chi connectivity index (χ1) is 9.60. The van der Waals surface area contributed by atoms with Crippen molar-refractivity contribution in [2.45, 2.75) is 45.1 Å². The molecule has 108 valence electrons. The molecule has 4 heteroatoms. The smallest absolute Gasteiger partial charge is 0.144 e. The number of pyridine rings is 1. The van der Waals surface area contributed by atoms with Crippen LogP contribution >= 0.6 is 0 Å². The summed E-state index contributed by atoms with van der Waals surface area (Å²) in [6.45, 7) is 3.17. The largest absolute Gasteiger partial charge is 0.366 e. The fourth-order valence-electron chi connectivity index (χ4n) is 2.59. The van der Waals surface area contributed by atoms with Crippen LogP contribution in [0.2, 0.25) is 0 Å². The van der Waals surface area contributed by atoms with E-state index in [1.54, 1.807) is 0 Å². The maximum atomic E-state index is 9.31. The average Bonchev–Trinajstić information content (AvgIpc) is 2.44. The number of hydrogen-bond donors (Lipinski definition) is 1. The van der Waals surface area contributed by atoms with E-state index in [-0.39, 0.29) is 0 Å². The van der Waals surface area contributed by atoms with Crippen molar-refractivity contribution in [3.05, 3.63) is 22.9 Å². The van der Waals surface area contributed by atoms with Crippen molar-refractivity contribution in [2.75, 3.05) is 26.0 Å². The SMILES string of the molecule is CC(CCN(C)C)Nc1nc2c(cc1C#N)CCCC2. The maximum absolute atomic E-state index is 9.31. The first kappa shape index (κ1) is 14.8. The Hall–Kier alpha value is -1.60. The normalized spacial score (nSPS) is 15.6. The summed E-state index contributed by atoms with van der Waals surface area (Å²) in [5.41, 5.74) is 3.12. The third-order valence-electron chi connectivity index (χ3n) is 3.81. The number of nitrogens with one attached hydrogen (secondary N) is 1. The zero-order valence-electron chi connectivity index (χ0n) is 12.7. The third-order valence-corrected chi connectivity index (χ3v) is 3.81. The van der Waals surface area contributed by atoms with Gasteiger partial charge in [0.2, 0.25) is 0 Å². The summed E-state index contributed by atoms with van der Waals surface area (Å²) in [7, 11) is 4.15. The summed E-state index contributed by atoms with van der Waals surface area (Å²) < 4.78 is 0. The minimum absolute atomic E-state index is 0.318. The predicted octanol–water partition coefficient (Wildman–Crippen LogP) is 2.58. The van der Waals surface area contributed by atoms with E-state index < -0.39 is 0 Å². The average molecular weight is 272 g/mol. The van der Waals surface area contributed by atoms with Gasteiger partial charge in [-0.15, -0.1) is 0 Å². The Balaban J connectivity index is 2.12. The Kier molecular flexibility index (Phi) is 4.97. The van der Waals surface area contributed by atoms with Crippen LogP contribution in [0.5, 0.6) is 0 Å². The van der Waals surface area contributed by atoms with Crippen LogP contribution < -0.4 is 5.32 Å². The monoisotopic (exact) mass is 272 g/mol. The first-order valence-corrected chi connectivity index (χ1v) is 7.44. The standard InChI is InChI=1S/C16H24N4/c1-12(8-9-20(2)3)18-16-14(11-17)10-13-6-4-5-7-15(13)19-16/h10,12H,4-9H2,1-3H3,(H,18,19). The molecular weight excluding hydrogens is 248 g/mol. The molecule has 1 aliphatic rings. The fourth-order valence-corrected chi connectivity index (χ4v) is 2.59. The Morgan fingerprint density at radius 1 is 1.40 bits per heavy atom. The molecule has 0 radical (unpaired) electrons. The molecule has 0 fully saturated rings. The molecule has 1 aromatic rings. The number of hydrogen-bond acceptors (Lipinski definition) is 4. The second kappa shape index (κ2) is 6.71. The third kappa shape index (κ3) is 3.71. The summed E-state index contributed by atoms with van der Waals surface area (Å²) in [5.74, 6) is 0.763. The van der Waals surface area contributed by atoms with Crippen LogP contribution in [0.3, 0.4) is 0 Å². The number of aromatic nitrogens is 1. The van der Waals surface area contributed by atoms with Gasteiger partial charge in [-0.05, 0) is 71.3 Å². The first-order valence-electron chi connectivity index (χ1n) is 7.44. The highest BCUT2D eigenvalue weighted by Crippen LogP contribution is 2.24. The van der Waals surface area contributed by atoms with Crippen LogP contribution in [0, 0.1) is 11.3 Å². The Bertz CT molecular complexity index is 502. The molecule has 0 saturated carbocycles. The van der Waals surface area contributed by atoms with E-state index in [0.717, 1.165) is 31.6 Å². The fraction of sp³-hybridized carbons (Fsp3) is 0.625. The van der Waals surface area contributed by atoms with Gasteiger partial charge in [0, 0.05) is 11.7 Å². The van der Waals surface area contributed by atoms with Gasteiger partial charge in [0.25, 0.3) is 0 Å². The molecule has 1 atom stereocenters. The topological polar surface area (TPSA) is 52.0 Å². The minimum atomic E-state index is 0.318. The summed E-state index contributed by atoms with van der Waals surface area (Å²) in [6.07, 6.45) is 5.57. The lowest BCUT2D eigenvalue weighted by atomic mass is 9.95. The molecule has 1 aliphatic carbocycles. The van der Waals surface area contributed by atoms with Crippen molar-refractivity contribution in [3.8, 4) is 6.07 Å². The molecule has 1 heterocycles. The van der Waals surface area contributed by atoms with Crippen molar-refractivity contribution >= 4 is 5.82 Å². The second-order valence-electron chi connectivity index (χ2n) is 5.95. The van der Waals surface area contributed by atoms with E-state index in [9.17, 15) is 5.26 Å². The van der Waals surface area contributed by atoms with Crippen molar-refractivity contribution in [1.82, 2.24) is 9.88 Å². The van der Waals surface area contributed by atoms with Gasteiger partial charge in [-0.3, -0.25) is 0 Å². The molecule has 20 heavy (non-hydrogen) atoms. The number of aryl methyl sites for hydroxylation is 2. The van der Waals surface area contributed by atoms with Crippen LogP contribution in [0.4, 0.5) is 5.82 Å². The lowest BCUT2D eigenvalue weighted by Crippen LogP contribution is -2.24. The van der Waals surface area contributed by atoms with Gasteiger partial charge in [0.1, 0.15) is 11.9 Å². The van der Waals surface area contributed by atoms with Crippen LogP contribution in [0.1, 0.15) is 43.0 Å². The van der Waals surface area contributed by atoms with Gasteiger partial charge in [-0.25, -0.2) is 4.98 Å². The summed E-state index contributed by atoms with van der Waals surface area (Å²) in [4.78, 5) is 6.87.